The number of carbonyl (C=O) groups excluding carboxylic acids is 1. The van der Waals surface area contributed by atoms with Gasteiger partial charge in [-0.15, -0.1) is 0 Å². The Kier molecular flexibility index (Phi) is 5.84. The van der Waals surface area contributed by atoms with E-state index in [1.165, 1.54) is 6.33 Å². The molecule has 2 aliphatic heterocycles. The number of fused-ring (bicyclic) bond motifs is 2. The smallest absolute Gasteiger partial charge is 0.315 e. The number of carboxylic acid groups (broad SMARTS) is 1. The molecule has 146 valence electrons. The molecule has 7 N–H and O–H groups in total. The number of thioether (sulfide) groups is 1. The molecule has 2 aromatic rings. The number of aliphatic carboxylic acids is 1. The SMILES string of the molecule is Nc1nc2nc[nH]c2c(=O)[nH]1.O=C(O)CCCC[C@@H]1SC[C@@H]2NC(=O)N[C@@H]21. The molecule has 11 nitrogen and oxygen atoms in total. The molecular weight excluding hydrogens is 374 g/mol. The monoisotopic (exact) mass is 395 g/mol. The molecule has 2 saturated heterocycles. The van der Waals surface area contributed by atoms with E-state index in [2.05, 4.69) is 30.6 Å². The predicted molar refractivity (Wildman–Crippen MR) is 101 cm³/mol. The molecular formula is C15H21N7O4S. The van der Waals surface area contributed by atoms with Crippen LogP contribution in [0.4, 0.5) is 10.7 Å². The van der Waals surface area contributed by atoms with Crippen molar-refractivity contribution in [1.82, 2.24) is 30.6 Å². The first kappa shape index (κ1) is 19.0. The lowest BCUT2D eigenvalue weighted by Crippen LogP contribution is -2.36. The second kappa shape index (κ2) is 8.29. The molecule has 4 rings (SSSR count). The molecule has 0 spiro atoms. The molecule has 0 aromatic carbocycles. The Hall–Kier alpha value is -2.76. The Labute approximate surface area is 157 Å². The van der Waals surface area contributed by atoms with Crippen molar-refractivity contribution in [2.24, 2.45) is 0 Å². The number of nitrogens with two attached hydrogens (primary N) is 1. The Morgan fingerprint density at radius 1 is 1.33 bits per heavy atom. The number of nitrogens with one attached hydrogen (secondary N) is 4. The van der Waals surface area contributed by atoms with E-state index in [9.17, 15) is 14.4 Å². The number of urea groups is 1. The van der Waals surface area contributed by atoms with Gasteiger partial charge in [-0.3, -0.25) is 14.6 Å². The highest BCUT2D eigenvalue weighted by atomic mass is 32.2. The van der Waals surface area contributed by atoms with Crippen LogP contribution in [0.2, 0.25) is 0 Å². The highest BCUT2D eigenvalue weighted by Crippen LogP contribution is 2.33. The van der Waals surface area contributed by atoms with Crippen LogP contribution in [0.5, 0.6) is 0 Å². The zero-order valence-electron chi connectivity index (χ0n) is 14.4. The second-order valence-corrected chi connectivity index (χ2v) is 7.59. The maximum Gasteiger partial charge on any atom is 0.315 e. The Morgan fingerprint density at radius 3 is 2.93 bits per heavy atom. The first-order chi connectivity index (χ1) is 12.9. The molecule has 0 bridgehead atoms. The average Bonchev–Trinajstić information content (AvgIpc) is 3.28. The number of aromatic nitrogens is 4. The number of nitrogen functional groups attached to an aromatic ring is 1. The number of carbonyl (C=O) groups is 2. The molecule has 0 saturated carbocycles. The number of carboxylic acids is 1. The number of H-pyrrole nitrogens is 2. The number of amides is 2. The average molecular weight is 395 g/mol. The van der Waals surface area contributed by atoms with Gasteiger partial charge < -0.3 is 26.5 Å². The van der Waals surface area contributed by atoms with E-state index in [-0.39, 0.29) is 36.0 Å². The maximum absolute atomic E-state index is 11.1. The van der Waals surface area contributed by atoms with Crippen LogP contribution in [0, 0.1) is 0 Å². The highest BCUT2D eigenvalue weighted by molar-refractivity contribution is 8.00. The largest absolute Gasteiger partial charge is 0.481 e. The number of rotatable bonds is 5. The third-order valence-electron chi connectivity index (χ3n) is 4.38. The van der Waals surface area contributed by atoms with E-state index in [0.717, 1.165) is 25.0 Å². The summed E-state index contributed by atoms with van der Waals surface area (Å²) in [5.74, 6) is 0.315. The third-order valence-corrected chi connectivity index (χ3v) is 5.89. The Balaban J connectivity index is 0.000000166. The van der Waals surface area contributed by atoms with Crippen molar-refractivity contribution in [3.63, 3.8) is 0 Å². The lowest BCUT2D eigenvalue weighted by Gasteiger charge is -2.16. The van der Waals surface area contributed by atoms with E-state index in [1.807, 2.05) is 11.8 Å². The molecule has 0 aliphatic carbocycles. The molecule has 2 aromatic heterocycles. The van der Waals surface area contributed by atoms with E-state index >= 15 is 0 Å². The predicted octanol–water partition coefficient (Wildman–Crippen LogP) is 0.0252. The van der Waals surface area contributed by atoms with Crippen LogP contribution < -0.4 is 21.9 Å². The van der Waals surface area contributed by atoms with E-state index in [4.69, 9.17) is 10.8 Å². The van der Waals surface area contributed by atoms with Crippen LogP contribution in [-0.2, 0) is 4.79 Å². The minimum atomic E-state index is -0.729. The number of hydrogen-bond donors (Lipinski definition) is 6. The van der Waals surface area contributed by atoms with Crippen LogP contribution in [0.15, 0.2) is 11.1 Å². The molecule has 12 heteroatoms. The summed E-state index contributed by atoms with van der Waals surface area (Å²) in [5.41, 5.74) is 5.65. The minimum Gasteiger partial charge on any atom is -0.481 e. The zero-order valence-corrected chi connectivity index (χ0v) is 15.2. The molecule has 0 unspecified atom stereocenters. The summed E-state index contributed by atoms with van der Waals surface area (Å²) in [6.45, 7) is 0. The minimum absolute atomic E-state index is 0.0640. The van der Waals surface area contributed by atoms with Gasteiger partial charge in [0.05, 0.1) is 18.4 Å². The van der Waals surface area contributed by atoms with Gasteiger partial charge in [0.2, 0.25) is 5.95 Å². The van der Waals surface area contributed by atoms with Crippen molar-refractivity contribution < 1.29 is 14.7 Å². The van der Waals surface area contributed by atoms with Crippen molar-refractivity contribution >= 4 is 40.9 Å². The molecule has 2 aliphatic rings. The summed E-state index contributed by atoms with van der Waals surface area (Å²) < 4.78 is 0. The van der Waals surface area contributed by atoms with Gasteiger partial charge in [0, 0.05) is 17.4 Å². The first-order valence-corrected chi connectivity index (χ1v) is 9.58. The van der Waals surface area contributed by atoms with Crippen molar-refractivity contribution in [2.75, 3.05) is 11.5 Å². The maximum atomic E-state index is 11.1. The van der Waals surface area contributed by atoms with Gasteiger partial charge in [-0.05, 0) is 12.8 Å². The van der Waals surface area contributed by atoms with E-state index in [1.54, 1.807) is 0 Å². The summed E-state index contributed by atoms with van der Waals surface area (Å²) in [7, 11) is 0. The molecule has 0 radical (unpaired) electrons. The van der Waals surface area contributed by atoms with Gasteiger partial charge in [0.1, 0.15) is 0 Å². The number of aromatic amines is 2. The van der Waals surface area contributed by atoms with Crippen molar-refractivity contribution in [3.05, 3.63) is 16.7 Å². The summed E-state index contributed by atoms with van der Waals surface area (Å²) in [6.07, 6.45) is 4.28. The van der Waals surface area contributed by atoms with Crippen LogP contribution in [0.1, 0.15) is 25.7 Å². The molecule has 2 fully saturated rings. The molecule has 27 heavy (non-hydrogen) atoms. The van der Waals surface area contributed by atoms with Crippen LogP contribution >= 0.6 is 11.8 Å². The highest BCUT2D eigenvalue weighted by Gasteiger charge is 2.42. The lowest BCUT2D eigenvalue weighted by molar-refractivity contribution is -0.137. The summed E-state index contributed by atoms with van der Waals surface area (Å²) >= 11 is 1.87. The quantitative estimate of drug-likeness (QED) is 0.303. The molecule has 3 atom stereocenters. The third kappa shape index (κ3) is 4.70. The number of imidazole rings is 1. The van der Waals surface area contributed by atoms with Crippen molar-refractivity contribution in [3.8, 4) is 0 Å². The lowest BCUT2D eigenvalue weighted by atomic mass is 10.0. The number of hydrogen-bond acceptors (Lipinski definition) is 7. The van der Waals surface area contributed by atoms with Gasteiger partial charge in [0.15, 0.2) is 11.2 Å². The Morgan fingerprint density at radius 2 is 2.15 bits per heavy atom. The normalized spacial score (nSPS) is 23.3. The Bertz CT molecular complexity index is 882. The summed E-state index contributed by atoms with van der Waals surface area (Å²) in [6, 6.07) is 0.440. The fourth-order valence-electron chi connectivity index (χ4n) is 3.12. The van der Waals surface area contributed by atoms with Crippen LogP contribution in [0.25, 0.3) is 11.2 Å². The van der Waals surface area contributed by atoms with Gasteiger partial charge in [-0.25, -0.2) is 9.78 Å². The van der Waals surface area contributed by atoms with Crippen LogP contribution in [0.3, 0.4) is 0 Å². The zero-order chi connectivity index (χ0) is 19.4. The van der Waals surface area contributed by atoms with Crippen molar-refractivity contribution in [1.29, 1.82) is 0 Å². The number of unbranched alkanes of at least 4 members (excludes halogenated alkanes) is 1. The number of nitrogens with zero attached hydrogens (tertiary/aromatic N) is 2. The fraction of sp³-hybridized carbons (Fsp3) is 0.533. The summed E-state index contributed by atoms with van der Waals surface area (Å²) in [5, 5.41) is 14.8. The topological polar surface area (TPSA) is 179 Å². The van der Waals surface area contributed by atoms with Gasteiger partial charge in [0.25, 0.3) is 5.56 Å². The van der Waals surface area contributed by atoms with E-state index in [0.29, 0.717) is 16.4 Å². The second-order valence-electron chi connectivity index (χ2n) is 6.31. The van der Waals surface area contributed by atoms with Gasteiger partial charge >= 0.3 is 12.0 Å². The summed E-state index contributed by atoms with van der Waals surface area (Å²) in [4.78, 5) is 45.0. The first-order valence-electron chi connectivity index (χ1n) is 8.53. The van der Waals surface area contributed by atoms with Gasteiger partial charge in [-0.1, -0.05) is 6.42 Å². The van der Waals surface area contributed by atoms with E-state index < -0.39 is 5.97 Å². The van der Waals surface area contributed by atoms with Crippen molar-refractivity contribution in [2.45, 2.75) is 43.0 Å². The molecule has 2 amide bonds. The fourth-order valence-corrected chi connectivity index (χ4v) is 4.67. The standard InChI is InChI=1S/C10H16N2O3S.C5H5N5O/c13-8(14)4-2-1-3-7-9-6(5-16-7)11-10(15)12-9;6-5-9-3-2(4(11)10-5)7-1-8-3/h6-7,9H,1-5H2,(H,13,14)(H2,11,12,15);1H,(H4,6,7,8,9,10,11)/t6-,7-,9-;/m0./s1. The van der Waals surface area contributed by atoms with Gasteiger partial charge in [-0.2, -0.15) is 16.7 Å². The molecule has 4 heterocycles. The number of anilines is 1. The van der Waals surface area contributed by atoms with Crippen LogP contribution in [-0.4, -0.2) is 60.1 Å².